The third-order valence-electron chi connectivity index (χ3n) is 4.07. The van der Waals surface area contributed by atoms with Crippen LogP contribution in [0, 0.1) is 5.92 Å². The molecule has 0 bridgehead atoms. The molecule has 2 rings (SSSR count). The van der Waals surface area contributed by atoms with E-state index in [2.05, 4.69) is 18.7 Å². The van der Waals surface area contributed by atoms with Crippen molar-refractivity contribution in [1.29, 1.82) is 0 Å². The molecule has 112 valence electrons. The molecule has 1 aliphatic heterocycles. The maximum atomic E-state index is 10.1. The SMILES string of the molecule is CC1CCN(CC(O)COc2ccccc2N)C(C)C1. The van der Waals surface area contributed by atoms with Crippen molar-refractivity contribution in [2.24, 2.45) is 5.92 Å². The topological polar surface area (TPSA) is 58.7 Å². The molecule has 1 heterocycles. The quantitative estimate of drug-likeness (QED) is 0.810. The molecule has 0 spiro atoms. The van der Waals surface area contributed by atoms with Crippen LogP contribution in [0.1, 0.15) is 26.7 Å². The van der Waals surface area contributed by atoms with E-state index in [0.29, 0.717) is 24.0 Å². The number of aliphatic hydroxyl groups is 1. The number of rotatable bonds is 5. The fourth-order valence-corrected chi connectivity index (χ4v) is 2.85. The van der Waals surface area contributed by atoms with Crippen LogP contribution in [0.5, 0.6) is 5.75 Å². The molecule has 3 atom stereocenters. The first-order valence-corrected chi connectivity index (χ1v) is 7.45. The molecule has 4 nitrogen and oxygen atoms in total. The van der Waals surface area contributed by atoms with Gasteiger partial charge in [0.2, 0.25) is 0 Å². The number of ether oxygens (including phenoxy) is 1. The molecule has 1 aliphatic rings. The van der Waals surface area contributed by atoms with Crippen LogP contribution < -0.4 is 10.5 Å². The van der Waals surface area contributed by atoms with E-state index < -0.39 is 6.10 Å². The van der Waals surface area contributed by atoms with Gasteiger partial charge in [-0.2, -0.15) is 0 Å². The van der Waals surface area contributed by atoms with Gasteiger partial charge in [-0.25, -0.2) is 0 Å². The van der Waals surface area contributed by atoms with Gasteiger partial charge in [0.15, 0.2) is 0 Å². The van der Waals surface area contributed by atoms with Crippen molar-refractivity contribution in [2.45, 2.75) is 38.8 Å². The van der Waals surface area contributed by atoms with Crippen molar-refractivity contribution in [3.63, 3.8) is 0 Å². The molecule has 0 aliphatic carbocycles. The summed E-state index contributed by atoms with van der Waals surface area (Å²) in [5.41, 5.74) is 6.42. The zero-order valence-corrected chi connectivity index (χ0v) is 12.5. The summed E-state index contributed by atoms with van der Waals surface area (Å²) < 4.78 is 5.59. The molecule has 1 aromatic rings. The van der Waals surface area contributed by atoms with Gasteiger partial charge in [0.1, 0.15) is 18.5 Å². The Kier molecular flexibility index (Phi) is 5.26. The number of nitrogen functional groups attached to an aromatic ring is 1. The second-order valence-corrected chi connectivity index (χ2v) is 5.98. The predicted molar refractivity (Wildman–Crippen MR) is 81.8 cm³/mol. The zero-order chi connectivity index (χ0) is 14.5. The van der Waals surface area contributed by atoms with Crippen LogP contribution in [0.3, 0.4) is 0 Å². The number of nitrogens with two attached hydrogens (primary N) is 1. The number of β-amino-alcohol motifs (C(OH)–C–C–N with tert-alkyl or cyclic N) is 1. The molecule has 1 fully saturated rings. The Labute approximate surface area is 121 Å². The highest BCUT2D eigenvalue weighted by Gasteiger charge is 2.24. The highest BCUT2D eigenvalue weighted by atomic mass is 16.5. The van der Waals surface area contributed by atoms with Crippen molar-refractivity contribution in [2.75, 3.05) is 25.4 Å². The van der Waals surface area contributed by atoms with Crippen LogP contribution in [0.25, 0.3) is 0 Å². The smallest absolute Gasteiger partial charge is 0.142 e. The van der Waals surface area contributed by atoms with Gasteiger partial charge in [0.25, 0.3) is 0 Å². The molecule has 3 unspecified atom stereocenters. The predicted octanol–water partition coefficient (Wildman–Crippen LogP) is 2.13. The van der Waals surface area contributed by atoms with Crippen molar-refractivity contribution in [1.82, 2.24) is 4.90 Å². The third-order valence-corrected chi connectivity index (χ3v) is 4.07. The molecular formula is C16H26N2O2. The molecule has 1 saturated heterocycles. The lowest BCUT2D eigenvalue weighted by molar-refractivity contribution is 0.0356. The number of hydrogen-bond donors (Lipinski definition) is 2. The molecule has 4 heteroatoms. The normalized spacial score (nSPS) is 25.4. The fraction of sp³-hybridized carbons (Fsp3) is 0.625. The lowest BCUT2D eigenvalue weighted by Crippen LogP contribution is -2.45. The monoisotopic (exact) mass is 278 g/mol. The average Bonchev–Trinajstić information content (AvgIpc) is 2.41. The highest BCUT2D eigenvalue weighted by molar-refractivity contribution is 5.51. The van der Waals surface area contributed by atoms with Gasteiger partial charge in [0, 0.05) is 12.6 Å². The molecular weight excluding hydrogens is 252 g/mol. The van der Waals surface area contributed by atoms with Crippen molar-refractivity contribution in [3.8, 4) is 5.75 Å². The third kappa shape index (κ3) is 4.12. The maximum absolute atomic E-state index is 10.1. The van der Waals surface area contributed by atoms with Crippen LogP contribution in [0.15, 0.2) is 24.3 Å². The van der Waals surface area contributed by atoms with Crippen LogP contribution in [-0.2, 0) is 0 Å². The molecule has 0 saturated carbocycles. The van der Waals surface area contributed by atoms with Crippen LogP contribution >= 0.6 is 0 Å². The fourth-order valence-electron chi connectivity index (χ4n) is 2.85. The Bertz CT molecular complexity index is 425. The van der Waals surface area contributed by atoms with E-state index in [9.17, 15) is 5.11 Å². The average molecular weight is 278 g/mol. The number of aliphatic hydroxyl groups excluding tert-OH is 1. The second-order valence-electron chi connectivity index (χ2n) is 5.98. The van der Waals surface area contributed by atoms with Gasteiger partial charge in [-0.3, -0.25) is 4.90 Å². The van der Waals surface area contributed by atoms with Gasteiger partial charge in [0.05, 0.1) is 5.69 Å². The van der Waals surface area contributed by atoms with Crippen molar-refractivity contribution in [3.05, 3.63) is 24.3 Å². The molecule has 0 amide bonds. The Morgan fingerprint density at radius 3 is 2.85 bits per heavy atom. The Morgan fingerprint density at radius 2 is 2.15 bits per heavy atom. The molecule has 0 radical (unpaired) electrons. The lowest BCUT2D eigenvalue weighted by Gasteiger charge is -2.37. The minimum Gasteiger partial charge on any atom is -0.489 e. The maximum Gasteiger partial charge on any atom is 0.142 e. The second kappa shape index (κ2) is 6.95. The van der Waals surface area contributed by atoms with Crippen molar-refractivity contribution >= 4 is 5.69 Å². The van der Waals surface area contributed by atoms with E-state index in [-0.39, 0.29) is 6.61 Å². The van der Waals surface area contributed by atoms with E-state index in [0.717, 1.165) is 12.5 Å². The van der Waals surface area contributed by atoms with E-state index in [1.807, 2.05) is 18.2 Å². The first-order chi connectivity index (χ1) is 9.56. The van der Waals surface area contributed by atoms with Gasteiger partial charge in [-0.15, -0.1) is 0 Å². The number of benzene rings is 1. The lowest BCUT2D eigenvalue weighted by atomic mass is 9.93. The van der Waals surface area contributed by atoms with Crippen LogP contribution in [-0.4, -0.2) is 41.8 Å². The largest absolute Gasteiger partial charge is 0.489 e. The molecule has 20 heavy (non-hydrogen) atoms. The summed E-state index contributed by atoms with van der Waals surface area (Å²) in [6.07, 6.45) is 1.94. The van der Waals surface area contributed by atoms with E-state index >= 15 is 0 Å². The summed E-state index contributed by atoms with van der Waals surface area (Å²) >= 11 is 0. The van der Waals surface area contributed by atoms with Crippen molar-refractivity contribution < 1.29 is 9.84 Å². The number of para-hydroxylation sites is 2. The van der Waals surface area contributed by atoms with Crippen LogP contribution in [0.4, 0.5) is 5.69 Å². The minimum atomic E-state index is -0.481. The standard InChI is InChI=1S/C16H26N2O2/c1-12-7-8-18(13(2)9-12)10-14(19)11-20-16-6-4-3-5-15(16)17/h3-6,12-14,19H,7-11,17H2,1-2H3. The summed E-state index contributed by atoms with van der Waals surface area (Å²) in [6.45, 7) is 6.55. The first-order valence-electron chi connectivity index (χ1n) is 7.45. The van der Waals surface area contributed by atoms with E-state index in [1.165, 1.54) is 12.8 Å². The van der Waals surface area contributed by atoms with E-state index in [4.69, 9.17) is 10.5 Å². The first kappa shape index (κ1) is 15.1. The summed E-state index contributed by atoms with van der Waals surface area (Å²) in [7, 11) is 0. The Balaban J connectivity index is 1.78. The molecule has 1 aromatic carbocycles. The van der Waals surface area contributed by atoms with Gasteiger partial charge >= 0.3 is 0 Å². The summed E-state index contributed by atoms with van der Waals surface area (Å²) in [6, 6.07) is 7.92. The summed E-state index contributed by atoms with van der Waals surface area (Å²) in [4.78, 5) is 2.35. The molecule has 0 aromatic heterocycles. The number of piperidine rings is 1. The number of hydrogen-bond acceptors (Lipinski definition) is 4. The van der Waals surface area contributed by atoms with Gasteiger partial charge in [-0.1, -0.05) is 19.1 Å². The van der Waals surface area contributed by atoms with Gasteiger partial charge < -0.3 is 15.6 Å². The highest BCUT2D eigenvalue weighted by Crippen LogP contribution is 2.23. The minimum absolute atomic E-state index is 0.285. The Morgan fingerprint density at radius 1 is 1.40 bits per heavy atom. The summed E-state index contributed by atoms with van der Waals surface area (Å²) in [5.74, 6) is 1.44. The van der Waals surface area contributed by atoms with Crippen LogP contribution in [0.2, 0.25) is 0 Å². The number of likely N-dealkylation sites (tertiary alicyclic amines) is 1. The van der Waals surface area contributed by atoms with Gasteiger partial charge in [-0.05, 0) is 44.4 Å². The molecule has 3 N–H and O–H groups in total. The number of nitrogens with zero attached hydrogens (tertiary/aromatic N) is 1. The van der Waals surface area contributed by atoms with E-state index in [1.54, 1.807) is 6.07 Å². The summed E-state index contributed by atoms with van der Waals surface area (Å²) in [5, 5.41) is 10.1. The number of anilines is 1. The zero-order valence-electron chi connectivity index (χ0n) is 12.5. The Hall–Kier alpha value is -1.26.